The summed E-state index contributed by atoms with van der Waals surface area (Å²) in [6.07, 6.45) is 3.14. The number of ether oxygens (including phenoxy) is 2. The minimum Gasteiger partial charge on any atom is -0.493 e. The van der Waals surface area contributed by atoms with Crippen molar-refractivity contribution < 1.29 is 14.3 Å². The molecule has 0 N–H and O–H groups in total. The number of aromatic nitrogens is 4. The Hall–Kier alpha value is -4.11. The molecular formula is C29H27N5O3S. The van der Waals surface area contributed by atoms with E-state index in [-0.39, 0.29) is 11.9 Å². The third-order valence-corrected chi connectivity index (χ3v) is 8.78. The summed E-state index contributed by atoms with van der Waals surface area (Å²) < 4.78 is 15.2. The number of methoxy groups -OCH3 is 2. The van der Waals surface area contributed by atoms with Crippen molar-refractivity contribution in [2.45, 2.75) is 32.7 Å². The molecule has 0 saturated carbocycles. The van der Waals surface area contributed by atoms with Gasteiger partial charge in [0.05, 0.1) is 42.1 Å². The smallest absolute Gasteiger partial charge is 0.257 e. The lowest BCUT2D eigenvalue weighted by atomic mass is 9.85. The van der Waals surface area contributed by atoms with Crippen LogP contribution in [0.3, 0.4) is 0 Å². The van der Waals surface area contributed by atoms with Crippen LogP contribution in [0, 0.1) is 13.8 Å². The van der Waals surface area contributed by atoms with Gasteiger partial charge in [-0.3, -0.25) is 4.79 Å². The fraction of sp³-hybridized carbons (Fsp3) is 0.276. The van der Waals surface area contributed by atoms with Crippen molar-refractivity contribution in [3.05, 3.63) is 81.7 Å². The fourth-order valence-corrected chi connectivity index (χ4v) is 6.85. The van der Waals surface area contributed by atoms with Crippen molar-refractivity contribution in [3.63, 3.8) is 0 Å². The van der Waals surface area contributed by atoms with Crippen LogP contribution in [0.4, 0.5) is 0 Å². The normalized spacial score (nSPS) is 16.4. The number of thiophene rings is 1. The Labute approximate surface area is 224 Å². The van der Waals surface area contributed by atoms with Gasteiger partial charge in [-0.1, -0.05) is 0 Å². The molecule has 0 spiro atoms. The van der Waals surface area contributed by atoms with Gasteiger partial charge < -0.3 is 18.9 Å². The average molecular weight is 526 g/mol. The van der Waals surface area contributed by atoms with Gasteiger partial charge >= 0.3 is 0 Å². The molecule has 5 aromatic rings. The molecule has 1 unspecified atom stereocenters. The van der Waals surface area contributed by atoms with Gasteiger partial charge in [-0.15, -0.1) is 11.3 Å². The van der Waals surface area contributed by atoms with E-state index in [2.05, 4.69) is 47.0 Å². The minimum absolute atomic E-state index is 0.00135. The van der Waals surface area contributed by atoms with Gasteiger partial charge in [0.1, 0.15) is 5.69 Å². The third-order valence-electron chi connectivity index (χ3n) is 7.85. The van der Waals surface area contributed by atoms with Gasteiger partial charge in [-0.05, 0) is 67.1 Å². The molecule has 0 aliphatic carbocycles. The number of hydrogen-bond acceptors (Lipinski definition) is 6. The summed E-state index contributed by atoms with van der Waals surface area (Å²) in [5.41, 5.74) is 8.86. The van der Waals surface area contributed by atoms with Crippen LogP contribution >= 0.6 is 11.3 Å². The first-order valence-electron chi connectivity index (χ1n) is 12.6. The summed E-state index contributed by atoms with van der Waals surface area (Å²) in [5, 5.41) is 7.12. The molecule has 1 amide bonds. The van der Waals surface area contributed by atoms with Crippen LogP contribution in [0.1, 0.15) is 44.6 Å². The fourth-order valence-electron chi connectivity index (χ4n) is 6.02. The van der Waals surface area contributed by atoms with E-state index < -0.39 is 0 Å². The van der Waals surface area contributed by atoms with Gasteiger partial charge in [0.2, 0.25) is 0 Å². The molecule has 192 valence electrons. The van der Waals surface area contributed by atoms with Crippen LogP contribution in [0.5, 0.6) is 11.5 Å². The van der Waals surface area contributed by atoms with E-state index in [4.69, 9.17) is 14.6 Å². The quantitative estimate of drug-likeness (QED) is 0.323. The molecule has 2 aliphatic heterocycles. The third kappa shape index (κ3) is 3.24. The maximum atomic E-state index is 13.7. The number of carbonyl (C=O) groups is 1. The van der Waals surface area contributed by atoms with Gasteiger partial charge in [-0.2, -0.15) is 5.10 Å². The zero-order valence-electron chi connectivity index (χ0n) is 21.7. The van der Waals surface area contributed by atoms with E-state index in [1.807, 2.05) is 27.6 Å². The Bertz CT molecular complexity index is 1730. The van der Waals surface area contributed by atoms with E-state index >= 15 is 0 Å². The minimum atomic E-state index is -0.0979. The Kier molecular flexibility index (Phi) is 5.13. The number of nitrogens with zero attached hydrogens (tertiary/aromatic N) is 5. The molecule has 0 saturated heterocycles. The Balaban J connectivity index is 1.35. The summed E-state index contributed by atoms with van der Waals surface area (Å²) in [5.74, 6) is 1.39. The highest BCUT2D eigenvalue weighted by Crippen LogP contribution is 2.43. The van der Waals surface area contributed by atoms with Crippen molar-refractivity contribution in [2.75, 3.05) is 20.8 Å². The topological polar surface area (TPSA) is 73.9 Å². The van der Waals surface area contributed by atoms with Crippen LogP contribution < -0.4 is 9.47 Å². The molecule has 38 heavy (non-hydrogen) atoms. The molecule has 4 aromatic heterocycles. The van der Waals surface area contributed by atoms with Crippen molar-refractivity contribution in [1.82, 2.24) is 24.1 Å². The second-order valence-electron chi connectivity index (χ2n) is 9.88. The highest BCUT2D eigenvalue weighted by Gasteiger charge is 2.39. The van der Waals surface area contributed by atoms with E-state index in [9.17, 15) is 4.79 Å². The molecule has 0 fully saturated rings. The molecule has 0 radical (unpaired) electrons. The highest BCUT2D eigenvalue weighted by molar-refractivity contribution is 7.14. The molecule has 1 atom stereocenters. The molecule has 7 rings (SSSR count). The number of carbonyl (C=O) groups excluding carboxylic acids is 1. The molecular weight excluding hydrogens is 498 g/mol. The first-order chi connectivity index (χ1) is 18.5. The second kappa shape index (κ2) is 8.46. The number of amides is 1. The lowest BCUT2D eigenvalue weighted by molar-refractivity contribution is 0.0626. The summed E-state index contributed by atoms with van der Waals surface area (Å²) in [4.78, 5) is 21.4. The zero-order valence-corrected chi connectivity index (χ0v) is 22.5. The Morgan fingerprint density at radius 1 is 1.03 bits per heavy atom. The number of rotatable bonds is 4. The standard InChI is InChI=1S/C29H27N5O3S/c1-16-5-6-17(2)33(16)22-8-10-38-28(22)21-13-27-30-15-20-24(34(27)31-21)14-23-19-12-26(37-4)25(36-3)11-18(19)7-9-32(23)29(20)35/h5-6,8,10-13,15,23H,7,9,14H2,1-4H3. The van der Waals surface area contributed by atoms with Gasteiger partial charge in [0.15, 0.2) is 17.1 Å². The van der Waals surface area contributed by atoms with Crippen molar-refractivity contribution in [3.8, 4) is 27.8 Å². The number of hydrogen-bond donors (Lipinski definition) is 0. The highest BCUT2D eigenvalue weighted by atomic mass is 32.1. The number of fused-ring (bicyclic) bond motifs is 6. The van der Waals surface area contributed by atoms with Gasteiger partial charge in [0.25, 0.3) is 5.91 Å². The molecule has 1 aromatic carbocycles. The summed E-state index contributed by atoms with van der Waals surface area (Å²) in [7, 11) is 3.29. The largest absolute Gasteiger partial charge is 0.493 e. The predicted molar refractivity (Wildman–Crippen MR) is 146 cm³/mol. The first-order valence-corrected chi connectivity index (χ1v) is 13.5. The van der Waals surface area contributed by atoms with Crippen molar-refractivity contribution in [2.24, 2.45) is 0 Å². The number of benzene rings is 1. The van der Waals surface area contributed by atoms with Crippen LogP contribution in [-0.2, 0) is 12.8 Å². The summed E-state index contributed by atoms with van der Waals surface area (Å²) in [6.45, 7) is 4.88. The molecule has 9 heteroatoms. The Morgan fingerprint density at radius 3 is 2.55 bits per heavy atom. The number of aryl methyl sites for hydroxylation is 2. The van der Waals surface area contributed by atoms with Crippen molar-refractivity contribution >= 4 is 22.9 Å². The Morgan fingerprint density at radius 2 is 1.79 bits per heavy atom. The SMILES string of the molecule is COc1cc2c(cc1OC)C1Cc3c(cnc4cc(-c5sccc5-n5c(C)ccc5C)nn34)C(=O)N1CC2. The lowest BCUT2D eigenvalue weighted by Gasteiger charge is -2.41. The van der Waals surface area contributed by atoms with E-state index in [0.717, 1.165) is 39.6 Å². The van der Waals surface area contributed by atoms with Crippen LogP contribution in [0.15, 0.2) is 48.0 Å². The van der Waals surface area contributed by atoms with E-state index in [1.165, 1.54) is 17.0 Å². The maximum absolute atomic E-state index is 13.7. The van der Waals surface area contributed by atoms with Crippen molar-refractivity contribution in [1.29, 1.82) is 0 Å². The monoisotopic (exact) mass is 525 g/mol. The van der Waals surface area contributed by atoms with Crippen LogP contribution in [-0.4, -0.2) is 50.7 Å². The zero-order chi connectivity index (χ0) is 26.1. The van der Waals surface area contributed by atoms with E-state index in [0.29, 0.717) is 30.0 Å². The molecule has 0 bridgehead atoms. The molecule has 2 aliphatic rings. The van der Waals surface area contributed by atoms with E-state index in [1.54, 1.807) is 31.8 Å². The first kappa shape index (κ1) is 23.0. The lowest BCUT2D eigenvalue weighted by Crippen LogP contribution is -2.45. The second-order valence-corrected chi connectivity index (χ2v) is 10.8. The van der Waals surface area contributed by atoms with Gasteiger partial charge in [0, 0.05) is 36.6 Å². The average Bonchev–Trinajstić information content (AvgIpc) is 3.65. The van der Waals surface area contributed by atoms with Gasteiger partial charge in [-0.25, -0.2) is 9.50 Å². The summed E-state index contributed by atoms with van der Waals surface area (Å²) >= 11 is 1.66. The molecule has 6 heterocycles. The predicted octanol–water partition coefficient (Wildman–Crippen LogP) is 5.18. The summed E-state index contributed by atoms with van der Waals surface area (Å²) in [6, 6.07) is 12.4. The maximum Gasteiger partial charge on any atom is 0.257 e. The van der Waals surface area contributed by atoms with Crippen LogP contribution in [0.25, 0.3) is 21.9 Å². The molecule has 8 nitrogen and oxygen atoms in total. The van der Waals surface area contributed by atoms with Crippen LogP contribution in [0.2, 0.25) is 0 Å².